The average molecular weight is 370 g/mol. The van der Waals surface area contributed by atoms with Gasteiger partial charge in [0.1, 0.15) is 6.04 Å². The van der Waals surface area contributed by atoms with Crippen molar-refractivity contribution in [3.8, 4) is 0 Å². The predicted molar refractivity (Wildman–Crippen MR) is 99.8 cm³/mol. The van der Waals surface area contributed by atoms with Crippen molar-refractivity contribution in [1.82, 2.24) is 20.9 Å². The third kappa shape index (κ3) is 3.61. The fraction of sp³-hybridized carbons (Fsp3) is 0.550. The van der Waals surface area contributed by atoms with Crippen LogP contribution in [0.2, 0.25) is 0 Å². The Kier molecular flexibility index (Phi) is 4.74. The first-order valence-electron chi connectivity index (χ1n) is 9.67. The summed E-state index contributed by atoms with van der Waals surface area (Å²) in [6.07, 6.45) is 2.84. The van der Waals surface area contributed by atoms with E-state index in [9.17, 15) is 14.4 Å². The number of amides is 3. The van der Waals surface area contributed by atoms with Crippen molar-refractivity contribution in [2.24, 2.45) is 0 Å². The molecule has 1 unspecified atom stereocenters. The average Bonchev–Trinajstić information content (AvgIpc) is 2.97. The Hall–Kier alpha value is -2.25. The molecule has 3 amide bonds. The van der Waals surface area contributed by atoms with E-state index in [2.05, 4.69) is 28.9 Å². The number of nitrogens with one attached hydrogen (secondary N) is 3. The van der Waals surface area contributed by atoms with Crippen LogP contribution in [0.15, 0.2) is 18.2 Å². The number of carbonyl (C=O) groups excluding carboxylic acids is 3. The van der Waals surface area contributed by atoms with Crippen molar-refractivity contribution < 1.29 is 14.4 Å². The van der Waals surface area contributed by atoms with Crippen molar-refractivity contribution in [1.29, 1.82) is 0 Å². The first kappa shape index (κ1) is 18.1. The fourth-order valence-electron chi connectivity index (χ4n) is 4.18. The van der Waals surface area contributed by atoms with Gasteiger partial charge in [-0.1, -0.05) is 12.1 Å². The molecule has 0 aliphatic carbocycles. The number of rotatable bonds is 4. The van der Waals surface area contributed by atoms with Gasteiger partial charge in [-0.2, -0.15) is 0 Å². The molecule has 144 valence electrons. The van der Waals surface area contributed by atoms with Crippen LogP contribution in [0, 0.1) is 0 Å². The Morgan fingerprint density at radius 2 is 2.00 bits per heavy atom. The highest BCUT2D eigenvalue weighted by atomic mass is 16.2. The summed E-state index contributed by atoms with van der Waals surface area (Å²) in [5, 5.41) is 9.36. The molecule has 3 heterocycles. The Morgan fingerprint density at radius 3 is 2.74 bits per heavy atom. The van der Waals surface area contributed by atoms with E-state index >= 15 is 0 Å². The maximum absolute atomic E-state index is 12.9. The van der Waals surface area contributed by atoms with Crippen molar-refractivity contribution >= 4 is 17.7 Å². The Balaban J connectivity index is 1.45. The van der Waals surface area contributed by atoms with E-state index in [1.165, 1.54) is 0 Å². The molecule has 3 aliphatic rings. The summed E-state index contributed by atoms with van der Waals surface area (Å²) in [7, 11) is 0. The number of carbonyl (C=O) groups is 3. The number of benzene rings is 1. The standard InChI is InChI=1S/C20H26N4O3/c1-20(6-8-21-9-7-20)22-11-13-2-3-14-12-24(19(27)15(14)10-13)16-4-5-17(25)23-18(16)26/h2-3,10,16,21-22H,4-9,11-12H2,1H3,(H,23,25,26). The van der Waals surface area contributed by atoms with Gasteiger partial charge in [0.25, 0.3) is 5.91 Å². The van der Waals surface area contributed by atoms with Crippen molar-refractivity contribution in [2.45, 2.75) is 57.3 Å². The van der Waals surface area contributed by atoms with Crippen LogP contribution in [0.25, 0.3) is 0 Å². The minimum Gasteiger partial charge on any atom is -0.322 e. The molecule has 1 aromatic rings. The van der Waals surface area contributed by atoms with Crippen LogP contribution in [-0.2, 0) is 22.7 Å². The van der Waals surface area contributed by atoms with Gasteiger partial charge in [-0.25, -0.2) is 0 Å². The van der Waals surface area contributed by atoms with E-state index in [1.54, 1.807) is 4.90 Å². The number of hydrogen-bond donors (Lipinski definition) is 3. The Bertz CT molecular complexity index is 785. The summed E-state index contributed by atoms with van der Waals surface area (Å²) in [5.74, 6) is -0.747. The van der Waals surface area contributed by atoms with Gasteiger partial charge in [0, 0.05) is 30.6 Å². The molecule has 1 atom stereocenters. The van der Waals surface area contributed by atoms with Gasteiger partial charge in [0.15, 0.2) is 0 Å². The number of piperidine rings is 2. The van der Waals surface area contributed by atoms with Crippen LogP contribution in [-0.4, -0.2) is 47.3 Å². The zero-order valence-electron chi connectivity index (χ0n) is 15.6. The zero-order valence-corrected chi connectivity index (χ0v) is 15.6. The third-order valence-electron chi connectivity index (χ3n) is 6.02. The number of hydrogen-bond acceptors (Lipinski definition) is 5. The van der Waals surface area contributed by atoms with Crippen LogP contribution >= 0.6 is 0 Å². The highest BCUT2D eigenvalue weighted by Crippen LogP contribution is 2.28. The molecule has 0 aromatic heterocycles. The third-order valence-corrected chi connectivity index (χ3v) is 6.02. The predicted octanol–water partition coefficient (Wildman–Crippen LogP) is 0.679. The van der Waals surface area contributed by atoms with E-state index in [1.807, 2.05) is 12.1 Å². The monoisotopic (exact) mass is 370 g/mol. The molecule has 2 fully saturated rings. The van der Waals surface area contributed by atoms with Gasteiger partial charge in [-0.3, -0.25) is 19.7 Å². The van der Waals surface area contributed by atoms with Crippen LogP contribution < -0.4 is 16.0 Å². The number of imide groups is 1. The second kappa shape index (κ2) is 7.05. The molecule has 3 N–H and O–H groups in total. The van der Waals surface area contributed by atoms with E-state index < -0.39 is 6.04 Å². The maximum atomic E-state index is 12.9. The smallest absolute Gasteiger partial charge is 0.255 e. The molecule has 0 saturated carbocycles. The lowest BCUT2D eigenvalue weighted by Gasteiger charge is -2.35. The van der Waals surface area contributed by atoms with Gasteiger partial charge in [-0.15, -0.1) is 0 Å². The molecule has 0 radical (unpaired) electrons. The van der Waals surface area contributed by atoms with Crippen LogP contribution in [0.3, 0.4) is 0 Å². The van der Waals surface area contributed by atoms with Crippen LogP contribution in [0.5, 0.6) is 0 Å². The maximum Gasteiger partial charge on any atom is 0.255 e. The van der Waals surface area contributed by atoms with E-state index in [4.69, 9.17) is 0 Å². The lowest BCUT2D eigenvalue weighted by molar-refractivity contribution is -0.136. The zero-order chi connectivity index (χ0) is 19.0. The van der Waals surface area contributed by atoms with E-state index in [-0.39, 0.29) is 29.7 Å². The lowest BCUT2D eigenvalue weighted by Crippen LogP contribution is -2.52. The molecule has 7 nitrogen and oxygen atoms in total. The first-order chi connectivity index (χ1) is 13.0. The van der Waals surface area contributed by atoms with Crippen LogP contribution in [0.4, 0.5) is 0 Å². The second-order valence-corrected chi connectivity index (χ2v) is 8.06. The summed E-state index contributed by atoms with van der Waals surface area (Å²) in [6.45, 7) is 5.43. The van der Waals surface area contributed by atoms with E-state index in [0.717, 1.165) is 43.6 Å². The molecule has 27 heavy (non-hydrogen) atoms. The Morgan fingerprint density at radius 1 is 1.22 bits per heavy atom. The van der Waals surface area contributed by atoms with Gasteiger partial charge in [-0.05, 0) is 56.5 Å². The normalized spacial score (nSPS) is 24.7. The van der Waals surface area contributed by atoms with Crippen LogP contribution in [0.1, 0.15) is 54.1 Å². The van der Waals surface area contributed by atoms with Gasteiger partial charge in [0.2, 0.25) is 11.8 Å². The number of fused-ring (bicyclic) bond motifs is 1. The minimum absolute atomic E-state index is 0.116. The lowest BCUT2D eigenvalue weighted by atomic mass is 9.90. The molecule has 1 aromatic carbocycles. The summed E-state index contributed by atoms with van der Waals surface area (Å²) in [5.41, 5.74) is 2.82. The molecular weight excluding hydrogens is 344 g/mol. The SMILES string of the molecule is CC1(NCc2ccc3c(c2)C(=O)N(C2CCC(=O)NC2=O)C3)CCNCC1. The van der Waals surface area contributed by atoms with Gasteiger partial charge >= 0.3 is 0 Å². The summed E-state index contributed by atoms with van der Waals surface area (Å²) < 4.78 is 0. The van der Waals surface area contributed by atoms with Gasteiger partial charge < -0.3 is 15.5 Å². The molecular formula is C20H26N4O3. The molecule has 0 spiro atoms. The van der Waals surface area contributed by atoms with Crippen molar-refractivity contribution in [3.05, 3.63) is 34.9 Å². The quantitative estimate of drug-likeness (QED) is 0.678. The first-order valence-corrected chi connectivity index (χ1v) is 9.67. The van der Waals surface area contributed by atoms with E-state index in [0.29, 0.717) is 18.5 Å². The summed E-state index contributed by atoms with van der Waals surface area (Å²) in [6, 6.07) is 5.43. The number of nitrogens with zero attached hydrogens (tertiary/aromatic N) is 1. The summed E-state index contributed by atoms with van der Waals surface area (Å²) in [4.78, 5) is 38.0. The fourth-order valence-corrected chi connectivity index (χ4v) is 4.18. The topological polar surface area (TPSA) is 90.5 Å². The second-order valence-electron chi connectivity index (χ2n) is 8.06. The highest BCUT2D eigenvalue weighted by Gasteiger charge is 2.39. The Labute approximate surface area is 158 Å². The molecule has 0 bridgehead atoms. The largest absolute Gasteiger partial charge is 0.322 e. The molecule has 7 heteroatoms. The molecule has 2 saturated heterocycles. The van der Waals surface area contributed by atoms with Crippen molar-refractivity contribution in [2.75, 3.05) is 13.1 Å². The van der Waals surface area contributed by atoms with Gasteiger partial charge in [0.05, 0.1) is 0 Å². The van der Waals surface area contributed by atoms with Crippen molar-refractivity contribution in [3.63, 3.8) is 0 Å². The minimum atomic E-state index is -0.558. The highest BCUT2D eigenvalue weighted by molar-refractivity contribution is 6.05. The summed E-state index contributed by atoms with van der Waals surface area (Å²) >= 11 is 0. The molecule has 3 aliphatic heterocycles. The molecule has 4 rings (SSSR count).